The molecule has 4 rings (SSSR count). The van der Waals surface area contributed by atoms with E-state index in [-0.39, 0.29) is 11.9 Å². The van der Waals surface area contributed by atoms with Gasteiger partial charge < -0.3 is 14.7 Å². The van der Waals surface area contributed by atoms with Crippen LogP contribution < -0.4 is 4.90 Å². The van der Waals surface area contributed by atoms with Gasteiger partial charge in [0.15, 0.2) is 0 Å². The van der Waals surface area contributed by atoms with Crippen LogP contribution in [0.15, 0.2) is 48.5 Å². The molecule has 1 aliphatic heterocycles. The number of para-hydroxylation sites is 1. The summed E-state index contributed by atoms with van der Waals surface area (Å²) in [4.78, 5) is 27.4. The molecule has 0 spiro atoms. The molecule has 6 heteroatoms. The summed E-state index contributed by atoms with van der Waals surface area (Å²) in [5.74, 6) is 1.11. The number of carbonyl (C=O) groups excluding carboxylic acids is 1. The second kappa shape index (κ2) is 10.1. The minimum Gasteiger partial charge on any atom is -0.362 e. The Hall–Kier alpha value is -2.96. The summed E-state index contributed by atoms with van der Waals surface area (Å²) in [6.45, 7) is 4.93. The highest BCUT2D eigenvalue weighted by Crippen LogP contribution is 2.28. The first-order valence-electron chi connectivity index (χ1n) is 12.0. The number of hydrogen-bond acceptors (Lipinski definition) is 5. The van der Waals surface area contributed by atoms with Crippen LogP contribution in [0, 0.1) is 6.92 Å². The lowest BCUT2D eigenvalue weighted by atomic mass is 9.93. The summed E-state index contributed by atoms with van der Waals surface area (Å²) in [6, 6.07) is 16.8. The molecule has 3 aromatic rings. The Kier molecular flexibility index (Phi) is 7.19. The fourth-order valence-corrected chi connectivity index (χ4v) is 4.82. The number of amides is 1. The summed E-state index contributed by atoms with van der Waals surface area (Å²) < 4.78 is 0. The van der Waals surface area contributed by atoms with Gasteiger partial charge in [0.05, 0.1) is 11.6 Å². The molecule has 1 amide bonds. The standard InChI is InChI=1S/C28H37N5O/c1-20-10-9-13-22-16-24(27(31(4)5)29-26(20)22)19-33(15-14-30(2)3)28(34)25-17-21-11-7-8-12-23(21)18-32(25)6/h7-13,16,25H,14-15,17-19H2,1-6H3. The van der Waals surface area contributed by atoms with Gasteiger partial charge in [-0.25, -0.2) is 4.98 Å². The Balaban J connectivity index is 1.67. The summed E-state index contributed by atoms with van der Waals surface area (Å²) in [5, 5.41) is 1.12. The number of aromatic nitrogens is 1. The van der Waals surface area contributed by atoms with Gasteiger partial charge in [0, 0.05) is 51.2 Å². The van der Waals surface area contributed by atoms with Gasteiger partial charge in [-0.1, -0.05) is 42.5 Å². The van der Waals surface area contributed by atoms with Gasteiger partial charge in [-0.15, -0.1) is 0 Å². The van der Waals surface area contributed by atoms with Gasteiger partial charge in [-0.2, -0.15) is 0 Å². The minimum absolute atomic E-state index is 0.157. The molecule has 0 fully saturated rings. The van der Waals surface area contributed by atoms with Crippen molar-refractivity contribution < 1.29 is 4.79 Å². The van der Waals surface area contributed by atoms with Crippen LogP contribution in [0.4, 0.5) is 5.82 Å². The van der Waals surface area contributed by atoms with Gasteiger partial charge in [-0.05, 0) is 57.2 Å². The SMILES string of the molecule is Cc1cccc2cc(CN(CCN(C)C)C(=O)C3Cc4ccccc4CN3C)c(N(C)C)nc12. The van der Waals surface area contributed by atoms with E-state index < -0.39 is 0 Å². The van der Waals surface area contributed by atoms with E-state index in [1.165, 1.54) is 11.1 Å². The second-order valence-corrected chi connectivity index (χ2v) is 9.98. The number of pyridine rings is 1. The molecule has 1 aliphatic rings. The molecule has 1 atom stereocenters. The largest absolute Gasteiger partial charge is 0.362 e. The fourth-order valence-electron chi connectivity index (χ4n) is 4.82. The fraction of sp³-hybridized carbons (Fsp3) is 0.429. The molecule has 1 unspecified atom stereocenters. The zero-order valence-electron chi connectivity index (χ0n) is 21.4. The molecule has 0 saturated heterocycles. The van der Waals surface area contributed by atoms with Crippen LogP contribution in [0.1, 0.15) is 22.3 Å². The first kappa shape index (κ1) is 24.2. The molecular formula is C28H37N5O. The number of fused-ring (bicyclic) bond motifs is 2. The van der Waals surface area contributed by atoms with E-state index in [9.17, 15) is 4.79 Å². The molecule has 180 valence electrons. The van der Waals surface area contributed by atoms with Crippen molar-refractivity contribution >= 4 is 22.6 Å². The van der Waals surface area contributed by atoms with Crippen molar-refractivity contribution in [2.75, 3.05) is 53.2 Å². The summed E-state index contributed by atoms with van der Waals surface area (Å²) >= 11 is 0. The van der Waals surface area contributed by atoms with Crippen LogP contribution in [-0.4, -0.2) is 80.0 Å². The summed E-state index contributed by atoms with van der Waals surface area (Å²) in [7, 11) is 10.2. The minimum atomic E-state index is -0.157. The van der Waals surface area contributed by atoms with Crippen molar-refractivity contribution in [1.29, 1.82) is 0 Å². The lowest BCUT2D eigenvalue weighted by molar-refractivity contribution is -0.137. The lowest BCUT2D eigenvalue weighted by Crippen LogP contribution is -2.51. The van der Waals surface area contributed by atoms with Crippen LogP contribution in [0.25, 0.3) is 10.9 Å². The molecule has 2 heterocycles. The van der Waals surface area contributed by atoms with Gasteiger partial charge in [-0.3, -0.25) is 9.69 Å². The van der Waals surface area contributed by atoms with Crippen molar-refractivity contribution in [2.24, 2.45) is 0 Å². The number of hydrogen-bond donors (Lipinski definition) is 0. The Labute approximate surface area is 203 Å². The highest BCUT2D eigenvalue weighted by molar-refractivity contribution is 5.86. The number of aryl methyl sites for hydroxylation is 1. The van der Waals surface area contributed by atoms with Gasteiger partial charge in [0.25, 0.3) is 0 Å². The number of benzene rings is 2. The van der Waals surface area contributed by atoms with Crippen LogP contribution in [0.2, 0.25) is 0 Å². The number of anilines is 1. The lowest BCUT2D eigenvalue weighted by Gasteiger charge is -2.37. The van der Waals surface area contributed by atoms with Crippen LogP contribution in [0.5, 0.6) is 0 Å². The normalized spacial score (nSPS) is 16.0. The molecule has 0 saturated carbocycles. The third-order valence-corrected chi connectivity index (χ3v) is 6.79. The molecule has 0 N–H and O–H groups in total. The number of carbonyl (C=O) groups is 1. The Morgan fingerprint density at radius 1 is 1.03 bits per heavy atom. The first-order valence-corrected chi connectivity index (χ1v) is 12.0. The first-order chi connectivity index (χ1) is 16.2. The second-order valence-electron chi connectivity index (χ2n) is 9.98. The predicted octanol–water partition coefficient (Wildman–Crippen LogP) is 3.56. The Bertz CT molecular complexity index is 1170. The summed E-state index contributed by atoms with van der Waals surface area (Å²) in [6.07, 6.45) is 0.750. The van der Waals surface area contributed by atoms with E-state index in [0.29, 0.717) is 13.1 Å². The molecule has 1 aromatic heterocycles. The maximum atomic E-state index is 14.0. The van der Waals surface area contributed by atoms with E-state index in [0.717, 1.165) is 47.4 Å². The van der Waals surface area contributed by atoms with E-state index >= 15 is 0 Å². The monoisotopic (exact) mass is 459 g/mol. The molecule has 6 nitrogen and oxygen atoms in total. The number of nitrogens with zero attached hydrogens (tertiary/aromatic N) is 5. The molecule has 0 aliphatic carbocycles. The third kappa shape index (κ3) is 5.08. The number of likely N-dealkylation sites (N-methyl/N-ethyl adjacent to an activating group) is 2. The zero-order chi connectivity index (χ0) is 24.4. The molecule has 0 radical (unpaired) electrons. The van der Waals surface area contributed by atoms with Crippen LogP contribution >= 0.6 is 0 Å². The van der Waals surface area contributed by atoms with E-state index in [1.54, 1.807) is 0 Å². The molecule has 2 aromatic carbocycles. The maximum absolute atomic E-state index is 14.0. The van der Waals surface area contributed by atoms with Gasteiger partial charge in [0.1, 0.15) is 5.82 Å². The van der Waals surface area contributed by atoms with E-state index in [4.69, 9.17) is 4.98 Å². The third-order valence-electron chi connectivity index (χ3n) is 6.79. The highest BCUT2D eigenvalue weighted by atomic mass is 16.2. The van der Waals surface area contributed by atoms with Crippen LogP contribution in [0.3, 0.4) is 0 Å². The van der Waals surface area contributed by atoms with Crippen molar-refractivity contribution in [3.8, 4) is 0 Å². The Morgan fingerprint density at radius 3 is 2.47 bits per heavy atom. The van der Waals surface area contributed by atoms with Crippen LogP contribution in [-0.2, 0) is 24.3 Å². The summed E-state index contributed by atoms with van der Waals surface area (Å²) in [5.41, 5.74) is 5.86. The maximum Gasteiger partial charge on any atom is 0.240 e. The van der Waals surface area contributed by atoms with Crippen molar-refractivity contribution in [2.45, 2.75) is 32.5 Å². The van der Waals surface area contributed by atoms with Gasteiger partial charge in [0.2, 0.25) is 5.91 Å². The molecule has 34 heavy (non-hydrogen) atoms. The Morgan fingerprint density at radius 2 is 1.76 bits per heavy atom. The predicted molar refractivity (Wildman–Crippen MR) is 140 cm³/mol. The average molecular weight is 460 g/mol. The number of rotatable bonds is 7. The van der Waals surface area contributed by atoms with Gasteiger partial charge >= 0.3 is 0 Å². The zero-order valence-corrected chi connectivity index (χ0v) is 21.4. The molecule has 0 bridgehead atoms. The van der Waals surface area contributed by atoms with E-state index in [2.05, 4.69) is 91.3 Å². The molecular weight excluding hydrogens is 422 g/mol. The van der Waals surface area contributed by atoms with E-state index in [1.807, 2.05) is 19.0 Å². The quantitative estimate of drug-likeness (QED) is 0.541. The smallest absolute Gasteiger partial charge is 0.240 e. The van der Waals surface area contributed by atoms with Crippen molar-refractivity contribution in [3.63, 3.8) is 0 Å². The topological polar surface area (TPSA) is 42.9 Å². The highest BCUT2D eigenvalue weighted by Gasteiger charge is 2.32. The van der Waals surface area contributed by atoms with Crippen molar-refractivity contribution in [1.82, 2.24) is 19.7 Å². The average Bonchev–Trinajstić information content (AvgIpc) is 2.80. The van der Waals surface area contributed by atoms with Crippen molar-refractivity contribution in [3.05, 3.63) is 70.8 Å².